The molecule has 2 heterocycles. The fraction of sp³-hybridized carbons (Fsp3) is 0.333. The number of nitrogens with one attached hydrogen (secondary N) is 2. The van der Waals surface area contributed by atoms with Crippen LogP contribution in [0.1, 0.15) is 24.1 Å². The average Bonchev–Trinajstić information content (AvgIpc) is 3.17. The third kappa shape index (κ3) is 5.09. The second kappa shape index (κ2) is 9.54. The number of para-hydroxylation sites is 1. The zero-order chi connectivity index (χ0) is 21.8. The van der Waals surface area contributed by atoms with E-state index in [2.05, 4.69) is 15.2 Å². The van der Waals surface area contributed by atoms with Crippen LogP contribution in [-0.4, -0.2) is 59.3 Å². The molecular weight excluding hydrogens is 412 g/mol. The minimum Gasteiger partial charge on any atom is -0.361 e. The fourth-order valence-electron chi connectivity index (χ4n) is 4.10. The lowest BCUT2D eigenvalue weighted by Gasteiger charge is -2.34. The van der Waals surface area contributed by atoms with Crippen LogP contribution in [0.5, 0.6) is 0 Å². The van der Waals surface area contributed by atoms with Crippen LogP contribution in [0.4, 0.5) is 0 Å². The zero-order valence-electron chi connectivity index (χ0n) is 17.6. The number of fused-ring (bicyclic) bond motifs is 1. The first kappa shape index (κ1) is 21.4. The summed E-state index contributed by atoms with van der Waals surface area (Å²) in [6.45, 7) is 4.89. The number of benzene rings is 2. The summed E-state index contributed by atoms with van der Waals surface area (Å²) in [4.78, 5) is 32.5. The van der Waals surface area contributed by atoms with Crippen LogP contribution >= 0.6 is 11.6 Å². The van der Waals surface area contributed by atoms with Gasteiger partial charge >= 0.3 is 0 Å². The van der Waals surface area contributed by atoms with Crippen molar-refractivity contribution in [2.75, 3.05) is 32.7 Å². The highest BCUT2D eigenvalue weighted by molar-refractivity contribution is 6.31. The number of piperazine rings is 1. The molecule has 1 aromatic heterocycles. The summed E-state index contributed by atoms with van der Waals surface area (Å²) in [5, 5.41) is 4.76. The van der Waals surface area contributed by atoms with E-state index in [1.807, 2.05) is 66.6 Å². The molecule has 1 saturated heterocycles. The lowest BCUT2D eigenvalue weighted by Crippen LogP contribution is -2.51. The number of hydrogen-bond acceptors (Lipinski definition) is 3. The molecule has 2 amide bonds. The predicted octanol–water partition coefficient (Wildman–Crippen LogP) is 3.39. The van der Waals surface area contributed by atoms with E-state index in [1.54, 1.807) is 0 Å². The van der Waals surface area contributed by atoms with Crippen molar-refractivity contribution in [1.29, 1.82) is 0 Å². The molecule has 1 unspecified atom stereocenters. The van der Waals surface area contributed by atoms with Gasteiger partial charge in [0.15, 0.2) is 0 Å². The number of aromatic nitrogens is 1. The van der Waals surface area contributed by atoms with Gasteiger partial charge < -0.3 is 15.2 Å². The van der Waals surface area contributed by atoms with E-state index >= 15 is 0 Å². The van der Waals surface area contributed by atoms with Gasteiger partial charge in [-0.3, -0.25) is 14.5 Å². The Morgan fingerprint density at radius 3 is 2.55 bits per heavy atom. The molecule has 7 heteroatoms. The van der Waals surface area contributed by atoms with Crippen molar-refractivity contribution in [2.45, 2.75) is 19.4 Å². The first-order chi connectivity index (χ1) is 15.0. The Hall–Kier alpha value is -2.83. The number of nitrogens with zero attached hydrogens (tertiary/aromatic N) is 2. The quantitative estimate of drug-likeness (QED) is 0.620. The maximum absolute atomic E-state index is 12.8. The minimum atomic E-state index is -0.153. The van der Waals surface area contributed by atoms with Crippen LogP contribution in [0.2, 0.25) is 5.02 Å². The van der Waals surface area contributed by atoms with Crippen molar-refractivity contribution < 1.29 is 9.59 Å². The lowest BCUT2D eigenvalue weighted by atomic mass is 10.1. The highest BCUT2D eigenvalue weighted by Gasteiger charge is 2.23. The number of hydrogen-bond donors (Lipinski definition) is 2. The van der Waals surface area contributed by atoms with Crippen LogP contribution in [0.3, 0.4) is 0 Å². The number of carbonyl (C=O) groups is 2. The van der Waals surface area contributed by atoms with Gasteiger partial charge in [0, 0.05) is 48.3 Å². The van der Waals surface area contributed by atoms with Crippen molar-refractivity contribution in [1.82, 2.24) is 20.1 Å². The molecule has 3 aromatic rings. The normalized spacial score (nSPS) is 15.7. The van der Waals surface area contributed by atoms with Gasteiger partial charge in [-0.1, -0.05) is 48.0 Å². The maximum atomic E-state index is 12.8. The maximum Gasteiger partial charge on any atom is 0.234 e. The summed E-state index contributed by atoms with van der Waals surface area (Å²) < 4.78 is 0. The van der Waals surface area contributed by atoms with Gasteiger partial charge in [0.2, 0.25) is 11.8 Å². The Balaban J connectivity index is 1.25. The van der Waals surface area contributed by atoms with Gasteiger partial charge in [-0.25, -0.2) is 0 Å². The predicted molar refractivity (Wildman–Crippen MR) is 123 cm³/mol. The average molecular weight is 439 g/mol. The molecule has 0 aliphatic carbocycles. The molecule has 0 saturated carbocycles. The zero-order valence-corrected chi connectivity index (χ0v) is 18.4. The topological polar surface area (TPSA) is 68.4 Å². The molecule has 1 aliphatic rings. The molecule has 6 nitrogen and oxygen atoms in total. The van der Waals surface area contributed by atoms with E-state index in [1.165, 1.54) is 0 Å². The van der Waals surface area contributed by atoms with Gasteiger partial charge in [0.05, 0.1) is 19.0 Å². The van der Waals surface area contributed by atoms with Crippen LogP contribution in [0.25, 0.3) is 10.9 Å². The van der Waals surface area contributed by atoms with Crippen molar-refractivity contribution in [2.24, 2.45) is 0 Å². The summed E-state index contributed by atoms with van der Waals surface area (Å²) in [6.07, 6.45) is 2.31. The monoisotopic (exact) mass is 438 g/mol. The second-order valence-electron chi connectivity index (χ2n) is 8.00. The number of halogens is 1. The van der Waals surface area contributed by atoms with Crippen molar-refractivity contribution >= 4 is 34.3 Å². The second-order valence-corrected chi connectivity index (χ2v) is 8.41. The SMILES string of the molecule is CC(NC(=O)CN1CCN(C(=O)Cc2c[nH]c3ccccc23)CC1)c1ccccc1Cl. The Bertz CT molecular complexity index is 1070. The number of rotatable bonds is 6. The Morgan fingerprint density at radius 2 is 1.77 bits per heavy atom. The van der Waals surface area contributed by atoms with Crippen molar-refractivity contribution in [3.63, 3.8) is 0 Å². The molecule has 31 heavy (non-hydrogen) atoms. The van der Waals surface area contributed by atoms with E-state index in [0.29, 0.717) is 44.2 Å². The van der Waals surface area contributed by atoms with Crippen molar-refractivity contribution in [3.8, 4) is 0 Å². The smallest absolute Gasteiger partial charge is 0.234 e. The molecular formula is C24H27ClN4O2. The summed E-state index contributed by atoms with van der Waals surface area (Å²) >= 11 is 6.22. The largest absolute Gasteiger partial charge is 0.361 e. The fourth-order valence-corrected chi connectivity index (χ4v) is 4.40. The molecule has 4 rings (SSSR count). The van der Waals surface area contributed by atoms with Gasteiger partial charge in [-0.2, -0.15) is 0 Å². The highest BCUT2D eigenvalue weighted by Crippen LogP contribution is 2.22. The van der Waals surface area contributed by atoms with Gasteiger partial charge in [-0.15, -0.1) is 0 Å². The molecule has 0 radical (unpaired) electrons. The molecule has 1 atom stereocenters. The summed E-state index contributed by atoms with van der Waals surface area (Å²) in [5.41, 5.74) is 2.98. The molecule has 1 fully saturated rings. The summed E-state index contributed by atoms with van der Waals surface area (Å²) in [7, 11) is 0. The standard InChI is InChI=1S/C24H27ClN4O2/c1-17(19-6-2-4-8-21(19)25)27-23(30)16-28-10-12-29(13-11-28)24(31)14-18-15-26-22-9-5-3-7-20(18)22/h2-9,15,17,26H,10-14,16H2,1H3,(H,27,30). The van der Waals surface area contributed by atoms with Crippen LogP contribution in [0.15, 0.2) is 54.7 Å². The number of amides is 2. The molecule has 2 aromatic carbocycles. The highest BCUT2D eigenvalue weighted by atomic mass is 35.5. The van der Waals surface area contributed by atoms with Gasteiger partial charge in [0.25, 0.3) is 0 Å². The number of aromatic amines is 1. The number of H-pyrrole nitrogens is 1. The lowest BCUT2D eigenvalue weighted by molar-refractivity contribution is -0.132. The first-order valence-electron chi connectivity index (χ1n) is 10.6. The Kier molecular flexibility index (Phi) is 6.59. The molecule has 0 spiro atoms. The Morgan fingerprint density at radius 1 is 1.06 bits per heavy atom. The van der Waals surface area contributed by atoms with Crippen LogP contribution < -0.4 is 5.32 Å². The van der Waals surface area contributed by atoms with E-state index in [4.69, 9.17) is 11.6 Å². The van der Waals surface area contributed by atoms with Crippen LogP contribution in [0, 0.1) is 0 Å². The first-order valence-corrected chi connectivity index (χ1v) is 11.0. The molecule has 0 bridgehead atoms. The third-order valence-corrected chi connectivity index (χ3v) is 6.20. The minimum absolute atomic E-state index is 0.0361. The van der Waals surface area contributed by atoms with Crippen molar-refractivity contribution in [3.05, 3.63) is 70.9 Å². The summed E-state index contributed by atoms with van der Waals surface area (Å²) in [5.74, 6) is 0.0900. The van der Waals surface area contributed by atoms with Gasteiger partial charge in [0.1, 0.15) is 0 Å². The molecule has 2 N–H and O–H groups in total. The summed E-state index contributed by atoms with van der Waals surface area (Å²) in [6, 6.07) is 15.4. The Labute approximate surface area is 187 Å². The van der Waals surface area contributed by atoms with Gasteiger partial charge in [-0.05, 0) is 30.2 Å². The van der Waals surface area contributed by atoms with E-state index in [-0.39, 0.29) is 17.9 Å². The number of carbonyl (C=O) groups excluding carboxylic acids is 2. The third-order valence-electron chi connectivity index (χ3n) is 5.86. The van der Waals surface area contributed by atoms with E-state index < -0.39 is 0 Å². The van der Waals surface area contributed by atoms with Crippen LogP contribution in [-0.2, 0) is 16.0 Å². The van der Waals surface area contributed by atoms with E-state index in [0.717, 1.165) is 22.0 Å². The van der Waals surface area contributed by atoms with E-state index in [9.17, 15) is 9.59 Å². The molecule has 162 valence electrons. The molecule has 1 aliphatic heterocycles.